The molecule has 0 aliphatic carbocycles. The highest BCUT2D eigenvalue weighted by atomic mass is 32.1. The molecule has 2 N–H and O–H groups in total. The lowest BCUT2D eigenvalue weighted by Gasteiger charge is -2.12. The van der Waals surface area contributed by atoms with E-state index in [1.807, 2.05) is 36.2 Å². The second-order valence-electron chi connectivity index (χ2n) is 4.23. The number of aromatic nitrogens is 2. The molecule has 0 amide bonds. The number of likely N-dealkylation sites (N-methyl/N-ethyl adjacent to an activating group) is 1. The molecule has 0 atom stereocenters. The lowest BCUT2D eigenvalue weighted by Crippen LogP contribution is -2.24. The molecule has 1 heterocycles. The molecule has 0 aliphatic rings. The Kier molecular flexibility index (Phi) is 4.70. The van der Waals surface area contributed by atoms with Gasteiger partial charge in [0.1, 0.15) is 11.6 Å². The van der Waals surface area contributed by atoms with E-state index in [0.717, 1.165) is 28.8 Å². The van der Waals surface area contributed by atoms with Gasteiger partial charge in [0.15, 0.2) is 0 Å². The molecule has 2 rings (SSSR count). The monoisotopic (exact) mass is 278 g/mol. The van der Waals surface area contributed by atoms with Crippen molar-refractivity contribution in [3.63, 3.8) is 0 Å². The number of ether oxygens (including phenoxy) is 1. The van der Waals surface area contributed by atoms with E-state index in [0.29, 0.717) is 13.0 Å². The van der Waals surface area contributed by atoms with Gasteiger partial charge in [0.25, 0.3) is 0 Å². The van der Waals surface area contributed by atoms with E-state index in [1.165, 1.54) is 11.5 Å². The Morgan fingerprint density at radius 1 is 1.42 bits per heavy atom. The summed E-state index contributed by atoms with van der Waals surface area (Å²) in [5.74, 6) is 1.69. The van der Waals surface area contributed by atoms with Gasteiger partial charge in [0.05, 0.1) is 7.11 Å². The zero-order valence-corrected chi connectivity index (χ0v) is 12.0. The third kappa shape index (κ3) is 3.65. The van der Waals surface area contributed by atoms with Gasteiger partial charge in [-0.05, 0) is 17.7 Å². The predicted octanol–water partition coefficient (Wildman–Crippen LogP) is 1.53. The summed E-state index contributed by atoms with van der Waals surface area (Å²) in [4.78, 5) is 6.54. The molecule has 102 valence electrons. The fraction of sp³-hybridized carbons (Fsp3) is 0.385. The van der Waals surface area contributed by atoms with Crippen molar-refractivity contribution in [2.75, 3.05) is 32.1 Å². The van der Waals surface area contributed by atoms with Crippen molar-refractivity contribution >= 4 is 16.7 Å². The molecule has 1 aromatic carbocycles. The zero-order valence-electron chi connectivity index (χ0n) is 11.2. The average Bonchev–Trinajstić information content (AvgIpc) is 2.88. The van der Waals surface area contributed by atoms with Crippen molar-refractivity contribution in [2.24, 2.45) is 5.73 Å². The number of anilines is 1. The van der Waals surface area contributed by atoms with Crippen LogP contribution in [0.5, 0.6) is 5.75 Å². The molecule has 2 aromatic rings. The van der Waals surface area contributed by atoms with Crippen molar-refractivity contribution in [3.8, 4) is 5.75 Å². The third-order valence-electron chi connectivity index (χ3n) is 2.74. The lowest BCUT2D eigenvalue weighted by molar-refractivity contribution is 0.414. The fourth-order valence-electron chi connectivity index (χ4n) is 1.73. The van der Waals surface area contributed by atoms with Crippen LogP contribution >= 0.6 is 11.5 Å². The van der Waals surface area contributed by atoms with Gasteiger partial charge >= 0.3 is 0 Å². The molecule has 6 heteroatoms. The summed E-state index contributed by atoms with van der Waals surface area (Å²) in [6.45, 7) is 1.40. The standard InChI is InChI=1S/C13H18N4OS/c1-17(7-6-14)13-15-12(16-19-13)9-10-4-3-5-11(8-10)18-2/h3-5,8H,6-7,9,14H2,1-2H3. The molecular weight excluding hydrogens is 260 g/mol. The second-order valence-corrected chi connectivity index (χ2v) is 4.96. The minimum Gasteiger partial charge on any atom is -0.497 e. The van der Waals surface area contributed by atoms with Gasteiger partial charge in [-0.15, -0.1) is 0 Å². The van der Waals surface area contributed by atoms with Gasteiger partial charge in [0.2, 0.25) is 5.13 Å². The molecule has 0 aliphatic heterocycles. The topological polar surface area (TPSA) is 64.3 Å². The van der Waals surface area contributed by atoms with Crippen LogP contribution in [0.15, 0.2) is 24.3 Å². The minimum atomic E-state index is 0.612. The quantitative estimate of drug-likeness (QED) is 0.868. The Hall–Kier alpha value is -1.66. The molecule has 0 saturated heterocycles. The predicted molar refractivity (Wildman–Crippen MR) is 78.0 cm³/mol. The highest BCUT2D eigenvalue weighted by Crippen LogP contribution is 2.19. The van der Waals surface area contributed by atoms with Crippen LogP contribution in [0.2, 0.25) is 0 Å². The first kappa shape index (κ1) is 13.8. The molecule has 0 spiro atoms. The van der Waals surface area contributed by atoms with E-state index in [9.17, 15) is 0 Å². The van der Waals surface area contributed by atoms with Crippen LogP contribution in [0.25, 0.3) is 0 Å². The molecular formula is C13H18N4OS. The smallest absolute Gasteiger partial charge is 0.204 e. The second kappa shape index (κ2) is 6.49. The van der Waals surface area contributed by atoms with Crippen LogP contribution in [0.3, 0.4) is 0 Å². The molecule has 0 unspecified atom stereocenters. The van der Waals surface area contributed by atoms with Gasteiger partial charge in [0, 0.05) is 38.1 Å². The SMILES string of the molecule is COc1cccc(Cc2nsc(N(C)CCN)n2)c1. The Morgan fingerprint density at radius 2 is 2.26 bits per heavy atom. The van der Waals surface area contributed by atoms with Crippen molar-refractivity contribution in [3.05, 3.63) is 35.7 Å². The maximum Gasteiger partial charge on any atom is 0.204 e. The number of nitrogens with two attached hydrogens (primary N) is 1. The average molecular weight is 278 g/mol. The summed E-state index contributed by atoms with van der Waals surface area (Å²) >= 11 is 1.40. The van der Waals surface area contributed by atoms with E-state index in [1.54, 1.807) is 7.11 Å². The number of hydrogen-bond donors (Lipinski definition) is 1. The van der Waals surface area contributed by atoms with Crippen LogP contribution in [-0.4, -0.2) is 36.6 Å². The van der Waals surface area contributed by atoms with Gasteiger partial charge in [-0.1, -0.05) is 12.1 Å². The molecule has 1 aromatic heterocycles. The Labute approximate surface area is 117 Å². The summed E-state index contributed by atoms with van der Waals surface area (Å²) in [7, 11) is 3.64. The number of benzene rings is 1. The first-order valence-corrected chi connectivity index (χ1v) is 6.87. The van der Waals surface area contributed by atoms with Crippen LogP contribution < -0.4 is 15.4 Å². The van der Waals surface area contributed by atoms with Crippen LogP contribution in [0.1, 0.15) is 11.4 Å². The lowest BCUT2D eigenvalue weighted by atomic mass is 10.1. The van der Waals surface area contributed by atoms with Crippen molar-refractivity contribution < 1.29 is 4.74 Å². The molecule has 0 saturated carbocycles. The molecule has 0 fully saturated rings. The van der Waals surface area contributed by atoms with Gasteiger partial charge in [-0.3, -0.25) is 0 Å². The van der Waals surface area contributed by atoms with E-state index < -0.39 is 0 Å². The van der Waals surface area contributed by atoms with Crippen LogP contribution in [0, 0.1) is 0 Å². The summed E-state index contributed by atoms with van der Waals surface area (Å²) in [6.07, 6.45) is 0.712. The highest BCUT2D eigenvalue weighted by Gasteiger charge is 2.09. The Bertz CT molecular complexity index is 529. The van der Waals surface area contributed by atoms with E-state index in [4.69, 9.17) is 10.5 Å². The Balaban J connectivity index is 2.06. The third-order valence-corrected chi connectivity index (χ3v) is 3.61. The zero-order chi connectivity index (χ0) is 13.7. The maximum absolute atomic E-state index is 5.53. The van der Waals surface area contributed by atoms with Crippen LogP contribution in [0.4, 0.5) is 5.13 Å². The fourth-order valence-corrected chi connectivity index (χ4v) is 2.40. The van der Waals surface area contributed by atoms with Gasteiger partial charge in [-0.2, -0.15) is 4.37 Å². The summed E-state index contributed by atoms with van der Waals surface area (Å²) in [6, 6.07) is 7.96. The Morgan fingerprint density at radius 3 is 3.00 bits per heavy atom. The number of nitrogens with zero attached hydrogens (tertiary/aromatic N) is 3. The van der Waals surface area contributed by atoms with Gasteiger partial charge in [-0.25, -0.2) is 4.98 Å². The summed E-state index contributed by atoms with van der Waals surface area (Å²) < 4.78 is 9.59. The largest absolute Gasteiger partial charge is 0.497 e. The molecule has 0 bridgehead atoms. The van der Waals surface area contributed by atoms with Crippen molar-refractivity contribution in [1.82, 2.24) is 9.36 Å². The molecule has 5 nitrogen and oxygen atoms in total. The molecule has 19 heavy (non-hydrogen) atoms. The van der Waals surface area contributed by atoms with E-state index in [2.05, 4.69) is 9.36 Å². The first-order valence-electron chi connectivity index (χ1n) is 6.09. The minimum absolute atomic E-state index is 0.612. The van der Waals surface area contributed by atoms with Crippen molar-refractivity contribution in [2.45, 2.75) is 6.42 Å². The molecule has 0 radical (unpaired) electrons. The maximum atomic E-state index is 5.53. The van der Waals surface area contributed by atoms with Gasteiger partial charge < -0.3 is 15.4 Å². The van der Waals surface area contributed by atoms with Crippen LogP contribution in [-0.2, 0) is 6.42 Å². The number of hydrogen-bond acceptors (Lipinski definition) is 6. The highest BCUT2D eigenvalue weighted by molar-refractivity contribution is 7.09. The van der Waals surface area contributed by atoms with Crippen molar-refractivity contribution in [1.29, 1.82) is 0 Å². The number of methoxy groups -OCH3 is 1. The normalized spacial score (nSPS) is 10.5. The summed E-state index contributed by atoms with van der Waals surface area (Å²) in [5.41, 5.74) is 6.67. The first-order chi connectivity index (χ1) is 9.22. The number of rotatable bonds is 6. The summed E-state index contributed by atoms with van der Waals surface area (Å²) in [5, 5.41) is 0.906. The van der Waals surface area contributed by atoms with E-state index in [-0.39, 0.29) is 0 Å². The van der Waals surface area contributed by atoms with E-state index >= 15 is 0 Å².